The Morgan fingerprint density at radius 3 is 2.65 bits per heavy atom. The van der Waals surface area contributed by atoms with Crippen LogP contribution in [0, 0.1) is 15.9 Å². The smallest absolute Gasteiger partial charge is 0.295 e. The molecule has 0 fully saturated rings. The Balaban J connectivity index is 0.00000361. The van der Waals surface area contributed by atoms with E-state index in [0.29, 0.717) is 12.6 Å². The number of carbonyl (C=O) groups excluding carboxylic acids is 1. The van der Waals surface area contributed by atoms with Gasteiger partial charge in [0.1, 0.15) is 11.5 Å². The predicted octanol–water partition coefficient (Wildman–Crippen LogP) is 1.08. The van der Waals surface area contributed by atoms with Crippen LogP contribution in [0.15, 0.2) is 12.1 Å². The maximum Gasteiger partial charge on any atom is 0.295 e. The number of nitro benzene ring substituents is 1. The van der Waals surface area contributed by atoms with Gasteiger partial charge in [0.2, 0.25) is 0 Å². The molecule has 9 heteroatoms. The van der Waals surface area contributed by atoms with Crippen molar-refractivity contribution in [2.75, 3.05) is 19.3 Å². The number of likely N-dealkylation sites (N-methyl/N-ethyl adjacent to an activating group) is 1. The predicted molar refractivity (Wildman–Crippen MR) is 75.6 cm³/mol. The number of nitrogens with one attached hydrogen (secondary N) is 2. The molecule has 1 unspecified atom stereocenters. The summed E-state index contributed by atoms with van der Waals surface area (Å²) in [7, 11) is 1.72. The van der Waals surface area contributed by atoms with Crippen LogP contribution in [0.1, 0.15) is 17.3 Å². The van der Waals surface area contributed by atoms with Gasteiger partial charge in [-0.1, -0.05) is 0 Å². The molecule has 0 heterocycles. The standard InChI is InChI=1S/C11H15FN4O3.ClH/c1-6(14-2)5-15-11(17)8-3-7(12)4-9(10(8)13)16(18)19;/h3-4,6,14H,5,13H2,1-2H3,(H,15,17);1H. The lowest BCUT2D eigenvalue weighted by atomic mass is 10.1. The number of anilines is 1. The van der Waals surface area contributed by atoms with Crippen LogP contribution in [0.2, 0.25) is 0 Å². The first kappa shape index (κ1) is 18.1. The summed E-state index contributed by atoms with van der Waals surface area (Å²) in [6.45, 7) is 2.12. The number of nitrogens with two attached hydrogens (primary N) is 1. The Bertz CT molecular complexity index is 513. The Hall–Kier alpha value is -1.93. The van der Waals surface area contributed by atoms with E-state index in [4.69, 9.17) is 5.73 Å². The number of hydrogen-bond acceptors (Lipinski definition) is 5. The van der Waals surface area contributed by atoms with Gasteiger partial charge < -0.3 is 16.4 Å². The lowest BCUT2D eigenvalue weighted by Gasteiger charge is -2.12. The number of amides is 1. The number of carbonyl (C=O) groups is 1. The topological polar surface area (TPSA) is 110 Å². The average Bonchev–Trinajstić information content (AvgIpc) is 2.37. The first-order chi connectivity index (χ1) is 8.86. The lowest BCUT2D eigenvalue weighted by Crippen LogP contribution is -2.37. The third-order valence-electron chi connectivity index (χ3n) is 2.63. The summed E-state index contributed by atoms with van der Waals surface area (Å²) in [5, 5.41) is 16.1. The Labute approximate surface area is 121 Å². The van der Waals surface area contributed by atoms with Gasteiger partial charge in [-0.15, -0.1) is 12.4 Å². The summed E-state index contributed by atoms with van der Waals surface area (Å²) < 4.78 is 13.2. The zero-order valence-corrected chi connectivity index (χ0v) is 11.8. The zero-order valence-electron chi connectivity index (χ0n) is 11.0. The summed E-state index contributed by atoms with van der Waals surface area (Å²) in [5.41, 5.74) is 4.30. The summed E-state index contributed by atoms with van der Waals surface area (Å²) in [6, 6.07) is 1.57. The fraction of sp³-hybridized carbons (Fsp3) is 0.364. The number of nitrogen functional groups attached to an aromatic ring is 1. The molecule has 0 aliphatic heterocycles. The van der Waals surface area contributed by atoms with Gasteiger partial charge in [-0.2, -0.15) is 0 Å². The molecule has 1 aromatic rings. The summed E-state index contributed by atoms with van der Waals surface area (Å²) in [4.78, 5) is 21.7. The number of hydrogen-bond donors (Lipinski definition) is 3. The van der Waals surface area contributed by atoms with Crippen LogP contribution in [-0.4, -0.2) is 30.5 Å². The highest BCUT2D eigenvalue weighted by Crippen LogP contribution is 2.26. The Kier molecular flexibility index (Phi) is 6.87. The van der Waals surface area contributed by atoms with Crippen molar-refractivity contribution in [3.8, 4) is 0 Å². The molecule has 0 saturated carbocycles. The summed E-state index contributed by atoms with van der Waals surface area (Å²) in [5.74, 6) is -1.53. The first-order valence-electron chi connectivity index (χ1n) is 5.55. The van der Waals surface area contributed by atoms with Gasteiger partial charge in [0.05, 0.1) is 16.6 Å². The van der Waals surface area contributed by atoms with Gasteiger partial charge in [0.15, 0.2) is 0 Å². The van der Waals surface area contributed by atoms with E-state index < -0.39 is 22.3 Å². The maximum atomic E-state index is 13.2. The van der Waals surface area contributed by atoms with Crippen LogP contribution in [0.25, 0.3) is 0 Å². The second-order valence-corrected chi connectivity index (χ2v) is 4.04. The average molecular weight is 307 g/mol. The second kappa shape index (κ2) is 7.61. The number of nitrogens with zero attached hydrogens (tertiary/aromatic N) is 1. The van der Waals surface area contributed by atoms with E-state index in [2.05, 4.69) is 10.6 Å². The van der Waals surface area contributed by atoms with E-state index in [1.165, 1.54) is 0 Å². The Morgan fingerprint density at radius 1 is 1.55 bits per heavy atom. The number of halogens is 2. The molecule has 112 valence electrons. The van der Waals surface area contributed by atoms with Crippen molar-refractivity contribution < 1.29 is 14.1 Å². The van der Waals surface area contributed by atoms with E-state index in [0.717, 1.165) is 6.07 Å². The SMILES string of the molecule is CNC(C)CNC(=O)c1cc(F)cc([N+](=O)[O-])c1N.Cl. The van der Waals surface area contributed by atoms with Crippen molar-refractivity contribution in [3.05, 3.63) is 33.6 Å². The zero-order chi connectivity index (χ0) is 14.6. The van der Waals surface area contributed by atoms with E-state index in [-0.39, 0.29) is 29.7 Å². The highest BCUT2D eigenvalue weighted by atomic mass is 35.5. The van der Waals surface area contributed by atoms with Crippen LogP contribution in [0.3, 0.4) is 0 Å². The van der Waals surface area contributed by atoms with Crippen LogP contribution < -0.4 is 16.4 Å². The van der Waals surface area contributed by atoms with Crippen molar-refractivity contribution >= 4 is 29.7 Å². The second-order valence-electron chi connectivity index (χ2n) is 4.04. The summed E-state index contributed by atoms with van der Waals surface area (Å²) in [6.07, 6.45) is 0. The molecule has 4 N–H and O–H groups in total. The van der Waals surface area contributed by atoms with Crippen LogP contribution in [-0.2, 0) is 0 Å². The molecule has 0 aliphatic rings. The van der Waals surface area contributed by atoms with Crippen LogP contribution in [0.4, 0.5) is 15.8 Å². The molecule has 0 spiro atoms. The minimum Gasteiger partial charge on any atom is -0.393 e. The Morgan fingerprint density at radius 2 is 2.15 bits per heavy atom. The lowest BCUT2D eigenvalue weighted by molar-refractivity contribution is -0.384. The van der Waals surface area contributed by atoms with Crippen molar-refractivity contribution in [2.24, 2.45) is 0 Å². The number of rotatable bonds is 5. The fourth-order valence-electron chi connectivity index (χ4n) is 1.39. The van der Waals surface area contributed by atoms with Gasteiger partial charge in [0.25, 0.3) is 11.6 Å². The fourth-order valence-corrected chi connectivity index (χ4v) is 1.39. The third kappa shape index (κ3) is 4.32. The molecular formula is C11H16ClFN4O3. The monoisotopic (exact) mass is 306 g/mol. The molecule has 1 aromatic carbocycles. The van der Waals surface area contributed by atoms with Crippen molar-refractivity contribution in [3.63, 3.8) is 0 Å². The summed E-state index contributed by atoms with van der Waals surface area (Å²) >= 11 is 0. The van der Waals surface area contributed by atoms with Gasteiger partial charge in [-0.25, -0.2) is 4.39 Å². The molecule has 0 radical (unpaired) electrons. The van der Waals surface area contributed by atoms with Gasteiger partial charge >= 0.3 is 0 Å². The largest absolute Gasteiger partial charge is 0.393 e. The first-order valence-corrected chi connectivity index (χ1v) is 5.55. The molecule has 1 rings (SSSR count). The molecule has 0 aliphatic carbocycles. The molecule has 7 nitrogen and oxygen atoms in total. The maximum absolute atomic E-state index is 13.2. The molecule has 1 amide bonds. The van der Waals surface area contributed by atoms with Crippen molar-refractivity contribution in [1.29, 1.82) is 0 Å². The van der Waals surface area contributed by atoms with Gasteiger partial charge in [0, 0.05) is 12.6 Å². The van der Waals surface area contributed by atoms with Crippen molar-refractivity contribution in [1.82, 2.24) is 10.6 Å². The quantitative estimate of drug-likeness (QED) is 0.428. The highest BCUT2D eigenvalue weighted by Gasteiger charge is 2.21. The number of benzene rings is 1. The molecular weight excluding hydrogens is 291 g/mol. The van der Waals surface area contributed by atoms with E-state index >= 15 is 0 Å². The molecule has 0 bridgehead atoms. The third-order valence-corrected chi connectivity index (χ3v) is 2.63. The minimum atomic E-state index is -0.882. The number of nitro groups is 1. The van der Waals surface area contributed by atoms with E-state index in [1.54, 1.807) is 7.05 Å². The van der Waals surface area contributed by atoms with Crippen LogP contribution >= 0.6 is 12.4 Å². The van der Waals surface area contributed by atoms with E-state index in [1.807, 2.05) is 6.92 Å². The molecule has 20 heavy (non-hydrogen) atoms. The molecule has 1 atom stereocenters. The van der Waals surface area contributed by atoms with Crippen LogP contribution in [0.5, 0.6) is 0 Å². The van der Waals surface area contributed by atoms with Gasteiger partial charge in [-0.3, -0.25) is 14.9 Å². The van der Waals surface area contributed by atoms with Crippen molar-refractivity contribution in [2.45, 2.75) is 13.0 Å². The normalized spacial score (nSPS) is 11.3. The molecule has 0 saturated heterocycles. The van der Waals surface area contributed by atoms with Gasteiger partial charge in [-0.05, 0) is 20.0 Å². The van der Waals surface area contributed by atoms with E-state index in [9.17, 15) is 19.3 Å². The highest BCUT2D eigenvalue weighted by molar-refractivity contribution is 6.01. The molecule has 0 aromatic heterocycles. The minimum absolute atomic E-state index is 0.